The van der Waals surface area contributed by atoms with Gasteiger partial charge in [-0.25, -0.2) is 8.42 Å². The molecule has 30 heavy (non-hydrogen) atoms. The molecule has 0 fully saturated rings. The molecule has 0 aliphatic carbocycles. The highest BCUT2D eigenvalue weighted by Gasteiger charge is 2.29. The second kappa shape index (κ2) is 9.28. The van der Waals surface area contributed by atoms with Crippen LogP contribution >= 0.6 is 0 Å². The Morgan fingerprint density at radius 2 is 1.33 bits per heavy atom. The smallest absolute Gasteiger partial charge is 0.271 e. The van der Waals surface area contributed by atoms with Gasteiger partial charge < -0.3 is 9.47 Å². The summed E-state index contributed by atoms with van der Waals surface area (Å²) < 4.78 is 37.5. The molecule has 0 radical (unpaired) electrons. The summed E-state index contributed by atoms with van der Waals surface area (Å²) in [6.45, 7) is 0. The van der Waals surface area contributed by atoms with E-state index in [1.165, 1.54) is 37.5 Å². The molecule has 3 rings (SSSR count). The van der Waals surface area contributed by atoms with E-state index in [-0.39, 0.29) is 10.6 Å². The van der Waals surface area contributed by atoms with Crippen molar-refractivity contribution in [3.8, 4) is 11.5 Å². The Labute approximate surface area is 176 Å². The lowest BCUT2D eigenvalue weighted by atomic mass is 10.2. The van der Waals surface area contributed by atoms with Crippen molar-refractivity contribution in [2.75, 3.05) is 18.5 Å². The van der Waals surface area contributed by atoms with Gasteiger partial charge >= 0.3 is 0 Å². The standard InChI is InChI=1S/C23H21NO5S/c1-28-20-13-8-18(9-14-20)10-17-23(25)24(19-11-15-21(29-2)16-12-19)30(26,27)22-6-4-3-5-7-22/h3-17H,1-2H3/b17-10+. The minimum absolute atomic E-state index is 0.0204. The monoisotopic (exact) mass is 423 g/mol. The Balaban J connectivity index is 1.99. The summed E-state index contributed by atoms with van der Waals surface area (Å²) in [4.78, 5) is 13.0. The second-order valence-electron chi connectivity index (χ2n) is 6.23. The predicted octanol–water partition coefficient (Wildman–Crippen LogP) is 4.14. The number of hydrogen-bond acceptors (Lipinski definition) is 5. The normalized spacial score (nSPS) is 11.3. The Morgan fingerprint density at radius 3 is 1.87 bits per heavy atom. The van der Waals surface area contributed by atoms with E-state index in [9.17, 15) is 13.2 Å². The van der Waals surface area contributed by atoms with Crippen LogP contribution in [0.25, 0.3) is 6.08 Å². The summed E-state index contributed by atoms with van der Waals surface area (Å²) in [6.07, 6.45) is 2.78. The molecule has 0 aliphatic heterocycles. The third-order valence-electron chi connectivity index (χ3n) is 4.32. The number of benzene rings is 3. The fourth-order valence-corrected chi connectivity index (χ4v) is 4.16. The van der Waals surface area contributed by atoms with E-state index < -0.39 is 15.9 Å². The van der Waals surface area contributed by atoms with Crippen molar-refractivity contribution in [3.63, 3.8) is 0 Å². The summed E-state index contributed by atoms with van der Waals surface area (Å²) in [6, 6.07) is 21.1. The maximum absolute atomic E-state index is 13.2. The molecule has 0 heterocycles. The number of carbonyl (C=O) groups is 1. The lowest BCUT2D eigenvalue weighted by Crippen LogP contribution is -2.35. The number of sulfonamides is 1. The van der Waals surface area contributed by atoms with E-state index in [1.54, 1.807) is 67.8 Å². The molecule has 0 aromatic heterocycles. The van der Waals surface area contributed by atoms with Crippen molar-refractivity contribution >= 4 is 27.7 Å². The van der Waals surface area contributed by atoms with Gasteiger partial charge in [-0.2, -0.15) is 4.31 Å². The molecule has 0 spiro atoms. The first kappa shape index (κ1) is 21.1. The van der Waals surface area contributed by atoms with Gasteiger partial charge in [-0.3, -0.25) is 4.79 Å². The molecule has 0 saturated heterocycles. The lowest BCUT2D eigenvalue weighted by molar-refractivity contribution is -0.113. The summed E-state index contributed by atoms with van der Waals surface area (Å²) in [5.74, 6) is 0.543. The summed E-state index contributed by atoms with van der Waals surface area (Å²) >= 11 is 0. The minimum atomic E-state index is -4.12. The predicted molar refractivity (Wildman–Crippen MR) is 116 cm³/mol. The Hall–Kier alpha value is -3.58. The van der Waals surface area contributed by atoms with Gasteiger partial charge in [0.2, 0.25) is 0 Å². The van der Waals surface area contributed by atoms with Crippen LogP contribution in [0.15, 0.2) is 89.8 Å². The zero-order valence-electron chi connectivity index (χ0n) is 16.6. The van der Waals surface area contributed by atoms with Crippen molar-refractivity contribution < 1.29 is 22.7 Å². The van der Waals surface area contributed by atoms with Crippen LogP contribution in [0.4, 0.5) is 5.69 Å². The maximum Gasteiger partial charge on any atom is 0.271 e. The SMILES string of the molecule is COc1ccc(/C=C/C(=O)N(c2ccc(OC)cc2)S(=O)(=O)c2ccccc2)cc1. The van der Waals surface area contributed by atoms with E-state index in [0.29, 0.717) is 11.5 Å². The van der Waals surface area contributed by atoms with Gasteiger partial charge in [-0.15, -0.1) is 0 Å². The summed E-state index contributed by atoms with van der Waals surface area (Å²) in [7, 11) is -1.04. The Kier molecular flexibility index (Phi) is 6.54. The first-order chi connectivity index (χ1) is 14.5. The van der Waals surface area contributed by atoms with E-state index >= 15 is 0 Å². The molecular weight excluding hydrogens is 402 g/mol. The number of nitrogens with zero attached hydrogens (tertiary/aromatic N) is 1. The highest BCUT2D eigenvalue weighted by Crippen LogP contribution is 2.26. The number of rotatable bonds is 7. The van der Waals surface area contributed by atoms with Crippen LogP contribution in [-0.4, -0.2) is 28.5 Å². The van der Waals surface area contributed by atoms with Gasteiger partial charge in [-0.1, -0.05) is 30.3 Å². The zero-order valence-corrected chi connectivity index (χ0v) is 17.4. The average molecular weight is 423 g/mol. The Bertz CT molecular complexity index is 1120. The molecule has 3 aromatic carbocycles. The average Bonchev–Trinajstić information content (AvgIpc) is 2.79. The van der Waals surface area contributed by atoms with Gasteiger partial charge in [0.25, 0.3) is 15.9 Å². The third-order valence-corrected chi connectivity index (χ3v) is 6.06. The van der Waals surface area contributed by atoms with Gasteiger partial charge in [0.15, 0.2) is 0 Å². The number of ether oxygens (including phenoxy) is 2. The molecule has 1 amide bonds. The summed E-state index contributed by atoms with van der Waals surface area (Å²) in [5.41, 5.74) is 0.944. The largest absolute Gasteiger partial charge is 0.497 e. The number of hydrogen-bond donors (Lipinski definition) is 0. The molecule has 6 nitrogen and oxygen atoms in total. The molecule has 154 valence electrons. The minimum Gasteiger partial charge on any atom is -0.497 e. The van der Waals surface area contributed by atoms with E-state index in [4.69, 9.17) is 9.47 Å². The first-order valence-electron chi connectivity index (χ1n) is 9.06. The fourth-order valence-electron chi connectivity index (χ4n) is 2.75. The summed E-state index contributed by atoms with van der Waals surface area (Å²) in [5, 5.41) is 0. The van der Waals surface area contributed by atoms with Gasteiger partial charge in [0, 0.05) is 6.08 Å². The van der Waals surface area contributed by atoms with Gasteiger partial charge in [-0.05, 0) is 60.2 Å². The highest BCUT2D eigenvalue weighted by molar-refractivity contribution is 7.93. The highest BCUT2D eigenvalue weighted by atomic mass is 32.2. The molecule has 0 atom stereocenters. The Morgan fingerprint density at radius 1 is 0.800 bits per heavy atom. The molecule has 7 heteroatoms. The molecule has 0 aliphatic rings. The van der Waals surface area contributed by atoms with Crippen molar-refractivity contribution in [1.82, 2.24) is 0 Å². The van der Waals surface area contributed by atoms with Crippen LogP contribution in [0.5, 0.6) is 11.5 Å². The van der Waals surface area contributed by atoms with Crippen molar-refractivity contribution in [1.29, 1.82) is 0 Å². The van der Waals surface area contributed by atoms with Crippen molar-refractivity contribution in [2.24, 2.45) is 0 Å². The zero-order chi connectivity index (χ0) is 21.6. The van der Waals surface area contributed by atoms with Crippen LogP contribution in [-0.2, 0) is 14.8 Å². The fraction of sp³-hybridized carbons (Fsp3) is 0.0870. The molecule has 3 aromatic rings. The van der Waals surface area contributed by atoms with Gasteiger partial charge in [0.05, 0.1) is 24.8 Å². The second-order valence-corrected chi connectivity index (χ2v) is 8.01. The number of amides is 1. The maximum atomic E-state index is 13.2. The molecular formula is C23H21NO5S. The molecule has 0 N–H and O–H groups in total. The van der Waals surface area contributed by atoms with Crippen LogP contribution in [0, 0.1) is 0 Å². The number of anilines is 1. The number of methoxy groups -OCH3 is 2. The van der Waals surface area contributed by atoms with Gasteiger partial charge in [0.1, 0.15) is 11.5 Å². The van der Waals surface area contributed by atoms with Crippen LogP contribution in [0.1, 0.15) is 5.56 Å². The molecule has 0 saturated carbocycles. The third kappa shape index (κ3) is 4.69. The molecule has 0 unspecified atom stereocenters. The van der Waals surface area contributed by atoms with Crippen LogP contribution in [0.3, 0.4) is 0 Å². The van der Waals surface area contributed by atoms with E-state index in [0.717, 1.165) is 9.87 Å². The quantitative estimate of drug-likeness (QED) is 0.534. The lowest BCUT2D eigenvalue weighted by Gasteiger charge is -2.21. The van der Waals surface area contributed by atoms with Crippen molar-refractivity contribution in [2.45, 2.75) is 4.90 Å². The topological polar surface area (TPSA) is 72.9 Å². The first-order valence-corrected chi connectivity index (χ1v) is 10.5. The van der Waals surface area contributed by atoms with Crippen LogP contribution < -0.4 is 13.8 Å². The number of carbonyl (C=O) groups excluding carboxylic acids is 1. The molecule has 0 bridgehead atoms. The van der Waals surface area contributed by atoms with Crippen molar-refractivity contribution in [3.05, 3.63) is 90.5 Å². The van der Waals surface area contributed by atoms with E-state index in [2.05, 4.69) is 0 Å². The van der Waals surface area contributed by atoms with Crippen LogP contribution in [0.2, 0.25) is 0 Å². The van der Waals surface area contributed by atoms with E-state index in [1.807, 2.05) is 0 Å².